The van der Waals surface area contributed by atoms with Gasteiger partial charge in [-0.15, -0.1) is 14.8 Å². The molecule has 0 atom stereocenters. The number of fused-ring (bicyclic) bond motifs is 4. The zero-order valence-electron chi connectivity index (χ0n) is 15.2. The molecule has 0 saturated carbocycles. The number of nitrogens with zero attached hydrogens (tertiary/aromatic N) is 7. The molecule has 27 heavy (non-hydrogen) atoms. The first kappa shape index (κ1) is 15.7. The van der Waals surface area contributed by atoms with Crippen LogP contribution in [-0.2, 0) is 13.1 Å². The number of benzene rings is 2. The average Bonchev–Trinajstić information content (AvgIpc) is 3.29. The van der Waals surface area contributed by atoms with Gasteiger partial charge < -0.3 is 9.47 Å². The van der Waals surface area contributed by atoms with E-state index in [9.17, 15) is 0 Å². The molecular weight excluding hydrogens is 338 g/mol. The van der Waals surface area contributed by atoms with E-state index in [1.54, 1.807) is 0 Å². The number of rotatable bonds is 4. The highest BCUT2D eigenvalue weighted by atomic mass is 15.6. The molecule has 7 nitrogen and oxygen atoms in total. The standard InChI is InChI=1S/C20H19N7/c1-3-26-17-7-5-4-6-15(17)16-12-14(8-9-18(16)26)13-25(2)20-11-10-19-21-23-24-27(19)22-20/h4-12H,3,13H2,1-2H3. The van der Waals surface area contributed by atoms with Crippen molar-refractivity contribution in [2.24, 2.45) is 0 Å². The second-order valence-electron chi connectivity index (χ2n) is 6.69. The van der Waals surface area contributed by atoms with E-state index in [4.69, 9.17) is 0 Å². The van der Waals surface area contributed by atoms with Crippen LogP contribution in [0, 0.1) is 0 Å². The topological polar surface area (TPSA) is 64.1 Å². The summed E-state index contributed by atoms with van der Waals surface area (Å²) in [5.74, 6) is 0.825. The van der Waals surface area contributed by atoms with Crippen LogP contribution in [0.1, 0.15) is 12.5 Å². The molecule has 3 aromatic heterocycles. The van der Waals surface area contributed by atoms with Crippen molar-refractivity contribution in [1.29, 1.82) is 0 Å². The number of para-hydroxylation sites is 1. The van der Waals surface area contributed by atoms with Gasteiger partial charge in [0.05, 0.1) is 0 Å². The fourth-order valence-corrected chi connectivity index (χ4v) is 3.74. The van der Waals surface area contributed by atoms with Crippen molar-refractivity contribution in [2.45, 2.75) is 20.0 Å². The molecule has 0 unspecified atom stereocenters. The predicted octanol–water partition coefficient (Wildman–Crippen LogP) is 3.28. The first-order valence-electron chi connectivity index (χ1n) is 9.01. The van der Waals surface area contributed by atoms with Gasteiger partial charge in [-0.25, -0.2) is 0 Å². The Labute approximate surface area is 155 Å². The van der Waals surface area contributed by atoms with Crippen molar-refractivity contribution in [3.05, 3.63) is 60.2 Å². The molecule has 7 heteroatoms. The highest BCUT2D eigenvalue weighted by Crippen LogP contribution is 2.30. The second-order valence-corrected chi connectivity index (χ2v) is 6.69. The third kappa shape index (κ3) is 2.51. The van der Waals surface area contributed by atoms with E-state index < -0.39 is 0 Å². The van der Waals surface area contributed by atoms with Gasteiger partial charge in [-0.2, -0.15) is 0 Å². The summed E-state index contributed by atoms with van der Waals surface area (Å²) < 4.78 is 3.81. The number of hydrogen-bond donors (Lipinski definition) is 0. The summed E-state index contributed by atoms with van der Waals surface area (Å²) in [5.41, 5.74) is 4.44. The van der Waals surface area contributed by atoms with Gasteiger partial charge in [0.2, 0.25) is 0 Å². The van der Waals surface area contributed by atoms with E-state index in [0.29, 0.717) is 5.65 Å². The molecule has 5 aromatic rings. The summed E-state index contributed by atoms with van der Waals surface area (Å²) in [7, 11) is 2.03. The Morgan fingerprint density at radius 1 is 0.963 bits per heavy atom. The Morgan fingerprint density at radius 2 is 1.81 bits per heavy atom. The van der Waals surface area contributed by atoms with E-state index in [2.05, 4.69) is 79.5 Å². The molecular formula is C20H19N7. The van der Waals surface area contributed by atoms with Crippen LogP contribution in [0.4, 0.5) is 5.82 Å². The first-order chi connectivity index (χ1) is 13.2. The summed E-state index contributed by atoms with van der Waals surface area (Å²) in [6, 6.07) is 19.1. The predicted molar refractivity (Wildman–Crippen MR) is 106 cm³/mol. The highest BCUT2D eigenvalue weighted by Gasteiger charge is 2.11. The molecule has 0 radical (unpaired) electrons. The van der Waals surface area contributed by atoms with Crippen LogP contribution in [0.5, 0.6) is 0 Å². The molecule has 3 heterocycles. The Bertz CT molecular complexity index is 1270. The number of aryl methyl sites for hydroxylation is 1. The molecule has 2 aromatic carbocycles. The smallest absolute Gasteiger partial charge is 0.200 e. The zero-order chi connectivity index (χ0) is 18.4. The van der Waals surface area contributed by atoms with Crippen LogP contribution in [0.15, 0.2) is 54.6 Å². The van der Waals surface area contributed by atoms with Crippen molar-refractivity contribution in [2.75, 3.05) is 11.9 Å². The van der Waals surface area contributed by atoms with Gasteiger partial charge in [-0.1, -0.05) is 24.3 Å². The Hall–Kier alpha value is -3.48. The Balaban J connectivity index is 1.54. The van der Waals surface area contributed by atoms with Crippen LogP contribution in [0.25, 0.3) is 27.5 Å². The minimum atomic E-state index is 0.640. The number of anilines is 1. The third-order valence-electron chi connectivity index (χ3n) is 5.02. The van der Waals surface area contributed by atoms with E-state index in [0.717, 1.165) is 18.9 Å². The summed E-state index contributed by atoms with van der Waals surface area (Å²) >= 11 is 0. The highest BCUT2D eigenvalue weighted by molar-refractivity contribution is 6.08. The molecule has 0 saturated heterocycles. The van der Waals surface area contributed by atoms with Crippen molar-refractivity contribution in [3.8, 4) is 0 Å². The van der Waals surface area contributed by atoms with E-state index >= 15 is 0 Å². The maximum atomic E-state index is 4.46. The number of tetrazole rings is 1. The van der Waals surface area contributed by atoms with Gasteiger partial charge in [0, 0.05) is 41.9 Å². The van der Waals surface area contributed by atoms with Crippen molar-refractivity contribution in [3.63, 3.8) is 0 Å². The van der Waals surface area contributed by atoms with Gasteiger partial charge in [-0.05, 0) is 53.2 Å². The number of hydrogen-bond acceptors (Lipinski definition) is 5. The molecule has 0 amide bonds. The minimum absolute atomic E-state index is 0.640. The average molecular weight is 357 g/mol. The summed E-state index contributed by atoms with van der Waals surface area (Å²) in [6.07, 6.45) is 0. The first-order valence-corrected chi connectivity index (χ1v) is 9.01. The molecule has 134 valence electrons. The van der Waals surface area contributed by atoms with Gasteiger partial charge in [0.15, 0.2) is 11.5 Å². The van der Waals surface area contributed by atoms with Gasteiger partial charge >= 0.3 is 0 Å². The van der Waals surface area contributed by atoms with E-state index in [-0.39, 0.29) is 0 Å². The second kappa shape index (κ2) is 6.05. The number of aromatic nitrogens is 6. The van der Waals surface area contributed by atoms with Crippen molar-refractivity contribution in [1.82, 2.24) is 29.8 Å². The molecule has 0 aliphatic carbocycles. The SMILES string of the molecule is CCn1c2ccccc2c2cc(CN(C)c3ccc4nnnn4n3)ccc21. The maximum Gasteiger partial charge on any atom is 0.200 e. The van der Waals surface area contributed by atoms with Crippen molar-refractivity contribution < 1.29 is 0 Å². The lowest BCUT2D eigenvalue weighted by Crippen LogP contribution is -2.18. The molecule has 0 aliphatic heterocycles. The van der Waals surface area contributed by atoms with Crippen molar-refractivity contribution >= 4 is 33.3 Å². The van der Waals surface area contributed by atoms with Crippen LogP contribution < -0.4 is 4.90 Å². The Kier molecular flexibility index (Phi) is 3.53. The molecule has 0 aliphatic rings. The largest absolute Gasteiger partial charge is 0.354 e. The third-order valence-corrected chi connectivity index (χ3v) is 5.02. The fourth-order valence-electron chi connectivity index (χ4n) is 3.74. The van der Waals surface area contributed by atoms with Crippen LogP contribution in [-0.4, -0.2) is 36.9 Å². The summed E-state index contributed by atoms with van der Waals surface area (Å²) in [4.78, 5) is 2.10. The molecule has 0 N–H and O–H groups in total. The van der Waals surface area contributed by atoms with Gasteiger partial charge in [-0.3, -0.25) is 0 Å². The van der Waals surface area contributed by atoms with E-state index in [1.807, 2.05) is 19.2 Å². The zero-order valence-corrected chi connectivity index (χ0v) is 15.2. The van der Waals surface area contributed by atoms with Gasteiger partial charge in [0.1, 0.15) is 0 Å². The summed E-state index contributed by atoms with van der Waals surface area (Å²) in [5, 5.41) is 18.5. The molecule has 5 rings (SSSR count). The Morgan fingerprint density at radius 3 is 2.70 bits per heavy atom. The van der Waals surface area contributed by atoms with Crippen LogP contribution in [0.3, 0.4) is 0 Å². The summed E-state index contributed by atoms with van der Waals surface area (Å²) in [6.45, 7) is 3.90. The van der Waals surface area contributed by atoms with Crippen LogP contribution >= 0.6 is 0 Å². The quantitative estimate of drug-likeness (QED) is 0.494. The lowest BCUT2D eigenvalue weighted by molar-refractivity contribution is 0.720. The normalized spacial score (nSPS) is 11.6. The van der Waals surface area contributed by atoms with Gasteiger partial charge in [0.25, 0.3) is 0 Å². The monoisotopic (exact) mass is 357 g/mol. The lowest BCUT2D eigenvalue weighted by Gasteiger charge is -2.18. The minimum Gasteiger partial charge on any atom is -0.354 e. The fraction of sp³-hybridized carbons (Fsp3) is 0.200. The van der Waals surface area contributed by atoms with Crippen LogP contribution in [0.2, 0.25) is 0 Å². The molecule has 0 spiro atoms. The molecule has 0 fully saturated rings. The maximum absolute atomic E-state index is 4.46. The van der Waals surface area contributed by atoms with E-state index in [1.165, 1.54) is 32.0 Å². The molecule has 0 bridgehead atoms. The lowest BCUT2D eigenvalue weighted by atomic mass is 10.1.